The van der Waals surface area contributed by atoms with Gasteiger partial charge in [0.2, 0.25) is 0 Å². The zero-order chi connectivity index (χ0) is 18.7. The third-order valence-electron chi connectivity index (χ3n) is 3.86. The standard InChI is InChI=1S/C18H20ClN5O2/c1-13-10-14(19)4-5-17(13)26-12-24-9-7-16(21-24)18(25)22(2)11-15-6-8-23(3)20-15/h4-10H,11-12H2,1-3H3. The number of amides is 1. The fourth-order valence-corrected chi connectivity index (χ4v) is 2.74. The molecular weight excluding hydrogens is 354 g/mol. The van der Waals surface area contributed by atoms with Crippen LogP contribution in [0.15, 0.2) is 42.7 Å². The number of ether oxygens (including phenoxy) is 1. The van der Waals surface area contributed by atoms with Crippen molar-refractivity contribution in [3.8, 4) is 5.75 Å². The summed E-state index contributed by atoms with van der Waals surface area (Å²) in [7, 11) is 3.57. The number of carbonyl (C=O) groups excluding carboxylic acids is 1. The molecule has 8 heteroatoms. The van der Waals surface area contributed by atoms with Gasteiger partial charge in [-0.25, -0.2) is 4.68 Å². The molecule has 3 rings (SSSR count). The lowest BCUT2D eigenvalue weighted by Crippen LogP contribution is -2.27. The summed E-state index contributed by atoms with van der Waals surface area (Å²) in [6.07, 6.45) is 3.56. The summed E-state index contributed by atoms with van der Waals surface area (Å²) >= 11 is 5.94. The Labute approximate surface area is 156 Å². The van der Waals surface area contributed by atoms with Crippen LogP contribution in [-0.4, -0.2) is 37.4 Å². The molecule has 0 bridgehead atoms. The van der Waals surface area contributed by atoms with Gasteiger partial charge >= 0.3 is 0 Å². The number of aromatic nitrogens is 4. The van der Waals surface area contributed by atoms with Gasteiger partial charge in [-0.2, -0.15) is 10.2 Å². The Balaban J connectivity index is 1.60. The smallest absolute Gasteiger partial charge is 0.274 e. The van der Waals surface area contributed by atoms with Crippen molar-refractivity contribution in [2.75, 3.05) is 7.05 Å². The summed E-state index contributed by atoms with van der Waals surface area (Å²) in [6.45, 7) is 2.55. The van der Waals surface area contributed by atoms with Gasteiger partial charge < -0.3 is 9.64 Å². The Morgan fingerprint density at radius 2 is 2.04 bits per heavy atom. The van der Waals surface area contributed by atoms with E-state index in [4.69, 9.17) is 16.3 Å². The van der Waals surface area contributed by atoms with E-state index in [2.05, 4.69) is 10.2 Å². The Hall–Kier alpha value is -2.80. The number of carbonyl (C=O) groups is 1. The molecule has 3 aromatic rings. The van der Waals surface area contributed by atoms with Crippen molar-refractivity contribution < 1.29 is 9.53 Å². The van der Waals surface area contributed by atoms with Crippen molar-refractivity contribution >= 4 is 17.5 Å². The lowest BCUT2D eigenvalue weighted by Gasteiger charge is -2.14. The number of nitrogens with zero attached hydrogens (tertiary/aromatic N) is 5. The van der Waals surface area contributed by atoms with Gasteiger partial charge in [-0.05, 0) is 42.8 Å². The fourth-order valence-electron chi connectivity index (χ4n) is 2.52. The van der Waals surface area contributed by atoms with Crippen molar-refractivity contribution in [2.24, 2.45) is 7.05 Å². The second kappa shape index (κ2) is 7.61. The molecule has 0 saturated carbocycles. The van der Waals surface area contributed by atoms with E-state index < -0.39 is 0 Å². The van der Waals surface area contributed by atoms with Crippen LogP contribution in [-0.2, 0) is 20.3 Å². The number of rotatable bonds is 6. The van der Waals surface area contributed by atoms with Crippen LogP contribution in [0.2, 0.25) is 5.02 Å². The summed E-state index contributed by atoms with van der Waals surface area (Å²) in [5, 5.41) is 9.23. The van der Waals surface area contributed by atoms with Crippen LogP contribution in [0.25, 0.3) is 0 Å². The van der Waals surface area contributed by atoms with Gasteiger partial charge in [-0.1, -0.05) is 11.6 Å². The van der Waals surface area contributed by atoms with E-state index in [1.165, 1.54) is 0 Å². The normalized spacial score (nSPS) is 10.8. The van der Waals surface area contributed by atoms with Gasteiger partial charge in [0.15, 0.2) is 12.4 Å². The summed E-state index contributed by atoms with van der Waals surface area (Å²) in [4.78, 5) is 14.1. The van der Waals surface area contributed by atoms with Crippen molar-refractivity contribution in [1.29, 1.82) is 0 Å². The Morgan fingerprint density at radius 3 is 2.73 bits per heavy atom. The number of halogens is 1. The number of aryl methyl sites for hydroxylation is 2. The topological polar surface area (TPSA) is 65.2 Å². The molecule has 136 valence electrons. The van der Waals surface area contributed by atoms with Crippen LogP contribution in [0.3, 0.4) is 0 Å². The van der Waals surface area contributed by atoms with E-state index in [0.29, 0.717) is 17.3 Å². The molecule has 0 fully saturated rings. The van der Waals surface area contributed by atoms with Crippen molar-refractivity contribution in [2.45, 2.75) is 20.2 Å². The van der Waals surface area contributed by atoms with Crippen LogP contribution in [0, 0.1) is 6.92 Å². The van der Waals surface area contributed by atoms with E-state index in [9.17, 15) is 4.79 Å². The zero-order valence-corrected chi connectivity index (χ0v) is 15.6. The van der Waals surface area contributed by atoms with E-state index in [1.807, 2.05) is 38.4 Å². The molecule has 7 nitrogen and oxygen atoms in total. The molecule has 0 saturated heterocycles. The van der Waals surface area contributed by atoms with Gasteiger partial charge in [-0.3, -0.25) is 9.48 Å². The summed E-state index contributed by atoms with van der Waals surface area (Å²) in [5.74, 6) is 0.558. The second-order valence-electron chi connectivity index (χ2n) is 6.07. The predicted octanol–water partition coefficient (Wildman–Crippen LogP) is 2.89. The highest BCUT2D eigenvalue weighted by molar-refractivity contribution is 6.30. The van der Waals surface area contributed by atoms with Crippen LogP contribution in [0.1, 0.15) is 21.7 Å². The highest BCUT2D eigenvalue weighted by Gasteiger charge is 2.16. The molecule has 1 aromatic carbocycles. The fraction of sp³-hybridized carbons (Fsp3) is 0.278. The predicted molar refractivity (Wildman–Crippen MR) is 98.0 cm³/mol. The number of benzene rings is 1. The maximum atomic E-state index is 12.5. The number of hydrogen-bond acceptors (Lipinski definition) is 4. The van der Waals surface area contributed by atoms with Gasteiger partial charge in [0, 0.05) is 31.5 Å². The molecule has 1 amide bonds. The first kappa shape index (κ1) is 18.0. The minimum atomic E-state index is -0.169. The highest BCUT2D eigenvalue weighted by Crippen LogP contribution is 2.22. The van der Waals surface area contributed by atoms with Crippen LogP contribution in [0.5, 0.6) is 5.75 Å². The Bertz CT molecular complexity index is 918. The Kier molecular flexibility index (Phi) is 5.27. The van der Waals surface area contributed by atoms with Crippen LogP contribution >= 0.6 is 11.6 Å². The second-order valence-corrected chi connectivity index (χ2v) is 6.50. The largest absolute Gasteiger partial charge is 0.471 e. The van der Waals surface area contributed by atoms with E-state index in [-0.39, 0.29) is 12.6 Å². The third kappa shape index (κ3) is 4.23. The lowest BCUT2D eigenvalue weighted by molar-refractivity contribution is 0.0775. The summed E-state index contributed by atoms with van der Waals surface area (Å²) in [5.41, 5.74) is 2.13. The summed E-state index contributed by atoms with van der Waals surface area (Å²) in [6, 6.07) is 8.98. The van der Waals surface area contributed by atoms with Crippen molar-refractivity contribution in [3.05, 3.63) is 64.7 Å². The monoisotopic (exact) mass is 373 g/mol. The molecule has 0 radical (unpaired) electrons. The van der Waals surface area contributed by atoms with Gasteiger partial charge in [0.05, 0.1) is 12.2 Å². The molecule has 2 aromatic heterocycles. The van der Waals surface area contributed by atoms with Gasteiger partial charge in [-0.15, -0.1) is 0 Å². The highest BCUT2D eigenvalue weighted by atomic mass is 35.5. The first-order valence-corrected chi connectivity index (χ1v) is 8.46. The molecule has 2 heterocycles. The SMILES string of the molecule is Cc1cc(Cl)ccc1OCn1ccc(C(=O)N(C)Cc2ccn(C)n2)n1. The van der Waals surface area contributed by atoms with Crippen molar-refractivity contribution in [1.82, 2.24) is 24.5 Å². The molecule has 0 aliphatic carbocycles. The summed E-state index contributed by atoms with van der Waals surface area (Å²) < 4.78 is 9.02. The minimum absolute atomic E-state index is 0.169. The van der Waals surface area contributed by atoms with E-state index >= 15 is 0 Å². The molecule has 26 heavy (non-hydrogen) atoms. The van der Waals surface area contributed by atoms with Crippen LogP contribution in [0.4, 0.5) is 0 Å². The van der Waals surface area contributed by atoms with Crippen molar-refractivity contribution in [3.63, 3.8) is 0 Å². The maximum absolute atomic E-state index is 12.5. The molecule has 0 atom stereocenters. The Morgan fingerprint density at radius 1 is 1.23 bits per heavy atom. The molecule has 0 unspecified atom stereocenters. The molecular formula is C18H20ClN5O2. The lowest BCUT2D eigenvalue weighted by atomic mass is 10.2. The molecule has 0 spiro atoms. The first-order valence-electron chi connectivity index (χ1n) is 8.09. The third-order valence-corrected chi connectivity index (χ3v) is 4.10. The average Bonchev–Trinajstić information content (AvgIpc) is 3.22. The zero-order valence-electron chi connectivity index (χ0n) is 14.9. The van der Waals surface area contributed by atoms with E-state index in [1.54, 1.807) is 39.6 Å². The number of hydrogen-bond donors (Lipinski definition) is 0. The molecule has 0 aliphatic heterocycles. The minimum Gasteiger partial charge on any atom is -0.471 e. The quantitative estimate of drug-likeness (QED) is 0.666. The van der Waals surface area contributed by atoms with Gasteiger partial charge in [0.25, 0.3) is 5.91 Å². The van der Waals surface area contributed by atoms with Crippen LogP contribution < -0.4 is 4.74 Å². The molecule has 0 aliphatic rings. The average molecular weight is 374 g/mol. The van der Waals surface area contributed by atoms with Gasteiger partial charge in [0.1, 0.15) is 5.75 Å². The molecule has 0 N–H and O–H groups in total. The maximum Gasteiger partial charge on any atom is 0.274 e. The first-order chi connectivity index (χ1) is 12.4. The van der Waals surface area contributed by atoms with E-state index in [0.717, 1.165) is 17.0 Å².